The summed E-state index contributed by atoms with van der Waals surface area (Å²) >= 11 is 5.97. The number of sulfonamides is 2. The van der Waals surface area contributed by atoms with E-state index in [2.05, 4.69) is 20.6 Å². The molecule has 0 aliphatic carbocycles. The molecule has 0 saturated carbocycles. The van der Waals surface area contributed by atoms with Gasteiger partial charge in [0.05, 0.1) is 85.0 Å². The maximum absolute atomic E-state index is 14.8. The van der Waals surface area contributed by atoms with Crippen LogP contribution in [-0.4, -0.2) is 116 Å². The zero-order valence-electron chi connectivity index (χ0n) is 55.8. The van der Waals surface area contributed by atoms with E-state index in [0.717, 1.165) is 43.5 Å². The second kappa shape index (κ2) is 25.1. The summed E-state index contributed by atoms with van der Waals surface area (Å²) in [4.78, 5) is 44.7. The first kappa shape index (κ1) is 68.1. The van der Waals surface area contributed by atoms with Crippen LogP contribution in [0.25, 0.3) is 111 Å². The Kier molecular flexibility index (Phi) is 17.1. The van der Waals surface area contributed by atoms with Crippen LogP contribution in [0.2, 0.25) is 5.15 Å². The molecule has 100 heavy (non-hydrogen) atoms. The molecule has 14 aromatic rings. The highest BCUT2D eigenvalue weighted by Gasteiger charge is 2.53. The molecule has 2 N–H and O–H groups in total. The minimum Gasteiger partial charge on any atom is -0.455 e. The Morgan fingerprint density at radius 1 is 0.530 bits per heavy atom. The Hall–Kier alpha value is -10.4. The number of nitrogens with one attached hydrogen (secondary N) is 2. The predicted octanol–water partition coefficient (Wildman–Crippen LogP) is 13.9. The second-order valence-electron chi connectivity index (χ2n) is 25.1. The van der Waals surface area contributed by atoms with Crippen LogP contribution in [0.4, 0.5) is 28.9 Å². The molecule has 1 aliphatic rings. The summed E-state index contributed by atoms with van der Waals surface area (Å²) in [5.74, 6) is -0.484. The summed E-state index contributed by atoms with van der Waals surface area (Å²) in [7, 11) is -2.49. The van der Waals surface area contributed by atoms with Gasteiger partial charge in [0.15, 0.2) is 0 Å². The Labute approximate surface area is 575 Å². The summed E-state index contributed by atoms with van der Waals surface area (Å²) < 4.78 is 137. The molecule has 510 valence electrons. The number of aromatic nitrogens is 6. The van der Waals surface area contributed by atoms with Crippen LogP contribution >= 0.6 is 11.6 Å². The predicted molar refractivity (Wildman–Crippen MR) is 382 cm³/mol. The average molecular weight is 1410 g/mol. The number of pyridine rings is 2. The highest BCUT2D eigenvalue weighted by molar-refractivity contribution is 7.92. The van der Waals surface area contributed by atoms with Crippen LogP contribution < -0.4 is 24.7 Å². The molecule has 6 aromatic carbocycles. The summed E-state index contributed by atoms with van der Waals surface area (Å²) in [6.45, 7) is 11.3. The minimum atomic E-state index is -3.76. The van der Waals surface area contributed by atoms with Crippen molar-refractivity contribution in [2.24, 2.45) is 0 Å². The van der Waals surface area contributed by atoms with Crippen LogP contribution in [0.15, 0.2) is 154 Å². The number of rotatable bonds is 10. The van der Waals surface area contributed by atoms with Gasteiger partial charge in [-0.15, -0.1) is 0 Å². The van der Waals surface area contributed by atoms with E-state index in [1.807, 2.05) is 62.5 Å². The maximum atomic E-state index is 14.8. The lowest BCUT2D eigenvalue weighted by Crippen LogP contribution is -2.41. The van der Waals surface area contributed by atoms with Gasteiger partial charge in [-0.1, -0.05) is 23.7 Å². The number of carbonyl (C=O) groups is 2. The van der Waals surface area contributed by atoms with Gasteiger partial charge in [-0.25, -0.2) is 54.3 Å². The number of hydrogen-bond donors (Lipinski definition) is 2. The molecule has 9 heterocycles. The molecule has 0 radical (unpaired) electrons. The van der Waals surface area contributed by atoms with E-state index >= 15 is 0 Å². The lowest BCUT2D eigenvalue weighted by atomic mass is 9.77. The maximum Gasteiger partial charge on any atom is 0.497 e. The lowest BCUT2D eigenvalue weighted by Gasteiger charge is -2.32. The van der Waals surface area contributed by atoms with Crippen molar-refractivity contribution >= 4 is 144 Å². The molecule has 0 unspecified atom stereocenters. The molecular formula is C72H62BClF4N10O10S2. The monoisotopic (exact) mass is 1410 g/mol. The van der Waals surface area contributed by atoms with E-state index in [-0.39, 0.29) is 51.1 Å². The molecule has 20 nitrogen and oxygen atoms in total. The number of carbonyl (C=O) groups excluding carboxylic acids is 2. The Balaban J connectivity index is 0.000000144. The van der Waals surface area contributed by atoms with Crippen LogP contribution in [0.1, 0.15) is 60.1 Å². The number of benzene rings is 6. The van der Waals surface area contributed by atoms with Crippen molar-refractivity contribution in [3.63, 3.8) is 0 Å². The van der Waals surface area contributed by atoms with Crippen LogP contribution in [-0.2, 0) is 29.4 Å². The van der Waals surface area contributed by atoms with Crippen molar-refractivity contribution in [1.29, 1.82) is 0 Å². The molecule has 0 bridgehead atoms. The van der Waals surface area contributed by atoms with Gasteiger partial charge >= 0.3 is 7.12 Å². The number of amides is 2. The number of halogens is 5. The largest absolute Gasteiger partial charge is 0.497 e. The van der Waals surface area contributed by atoms with E-state index in [1.165, 1.54) is 88.9 Å². The van der Waals surface area contributed by atoms with Crippen molar-refractivity contribution < 1.29 is 62.1 Å². The van der Waals surface area contributed by atoms with Crippen molar-refractivity contribution in [1.82, 2.24) is 39.4 Å². The summed E-state index contributed by atoms with van der Waals surface area (Å²) in [6.07, 6.45) is 2.17. The Morgan fingerprint density at radius 3 is 1.42 bits per heavy atom. The molecule has 1 fully saturated rings. The highest BCUT2D eigenvalue weighted by Crippen LogP contribution is 2.44. The number of nitrogens with zero attached hydrogens (tertiary/aromatic N) is 8. The van der Waals surface area contributed by atoms with Crippen molar-refractivity contribution in [3.8, 4) is 33.9 Å². The van der Waals surface area contributed by atoms with E-state index in [1.54, 1.807) is 72.8 Å². The third-order valence-electron chi connectivity index (χ3n) is 18.2. The molecule has 15 rings (SSSR count). The van der Waals surface area contributed by atoms with Gasteiger partial charge in [0, 0.05) is 84.0 Å². The van der Waals surface area contributed by atoms with Gasteiger partial charge < -0.3 is 28.8 Å². The van der Waals surface area contributed by atoms with Gasteiger partial charge in [-0.05, 0) is 163 Å². The first-order valence-electron chi connectivity index (χ1n) is 31.1. The molecule has 2 amide bonds. The minimum absolute atomic E-state index is 0.197. The third-order valence-corrected chi connectivity index (χ3v) is 20.8. The molecular weight excluding hydrogens is 1350 g/mol. The van der Waals surface area contributed by atoms with Crippen LogP contribution in [0.3, 0.4) is 0 Å². The van der Waals surface area contributed by atoms with Gasteiger partial charge in [0.25, 0.3) is 11.8 Å². The topological polar surface area (TPSA) is 238 Å². The Bertz CT molecular complexity index is 5970. The fourth-order valence-electron chi connectivity index (χ4n) is 12.3. The SMILES string of the molecule is CNC(=O)c1c(-c2ccc(F)cc2)oc2cc(N(C)S(C)(=O)=O)c(-c3ccc4nc(C)n5c6cccc(F)c6cc5c4n3)cc12.CNC(=O)c1c(-c2ccc(F)cc2)oc2cc(N(C)S(C)(=O)=O)c(B3OC(C)(C)C(C)(C)O3)cc12.Cc1nc2ccc(Cl)nc2c2cc3c(F)cccc3n12. The van der Waals surface area contributed by atoms with E-state index in [9.17, 15) is 44.0 Å². The molecule has 1 saturated heterocycles. The normalized spacial score (nSPS) is 13.8. The van der Waals surface area contributed by atoms with Crippen LogP contribution in [0.5, 0.6) is 0 Å². The number of aryl methyl sites for hydroxylation is 2. The quantitative estimate of drug-likeness (QED) is 0.0736. The van der Waals surface area contributed by atoms with Gasteiger partial charge in [0.1, 0.15) is 73.8 Å². The molecule has 8 aromatic heterocycles. The van der Waals surface area contributed by atoms with Gasteiger partial charge in [-0.3, -0.25) is 27.0 Å². The van der Waals surface area contributed by atoms with E-state index in [0.29, 0.717) is 93.6 Å². The fraction of sp³-hybridized carbons (Fsp3) is 0.194. The third kappa shape index (κ3) is 11.9. The van der Waals surface area contributed by atoms with Crippen molar-refractivity contribution in [3.05, 3.63) is 197 Å². The standard InChI is InChI=1S/C33H25F2N5O4S.C24H28BFN2O6S.C15H9ClFN3/c1-17-37-25-13-12-24(38-31(25)28-15-20-23(35)6-5-7-26(20)40(17)28)21-14-22-29(16-27(21)39(3)45(4,42)43)44-32(30(22)33(41)36-2)18-8-10-19(34)11-9-18;1-23(2)24(3,4)34-25(33-23)17-12-16-19(13-18(17)28(6)35(7,30)31)32-21(20(16)22(29)27-5)14-8-10-15(26)11-9-14;1-8-18-11-5-6-14(16)19-15(11)13-7-9-10(17)3-2-4-12(9)20(8)13/h5-16H,1-4H3,(H,36,41);8-13H,1-7H3,(H,27,29);2-7H,1H3. The number of anilines is 2. The fourth-order valence-corrected chi connectivity index (χ4v) is 13.5. The molecule has 28 heteroatoms. The lowest BCUT2D eigenvalue weighted by molar-refractivity contribution is 0.00578. The van der Waals surface area contributed by atoms with Gasteiger partial charge in [-0.2, -0.15) is 0 Å². The summed E-state index contributed by atoms with van der Waals surface area (Å²) in [5.41, 5.74) is 7.70. The van der Waals surface area contributed by atoms with Gasteiger partial charge in [0.2, 0.25) is 20.0 Å². The first-order chi connectivity index (χ1) is 47.3. The highest BCUT2D eigenvalue weighted by atomic mass is 35.5. The number of hydrogen-bond acceptors (Lipinski definition) is 14. The summed E-state index contributed by atoms with van der Waals surface area (Å²) in [5, 5.41) is 7.47. The summed E-state index contributed by atoms with van der Waals surface area (Å²) in [6, 6.07) is 37.9. The van der Waals surface area contributed by atoms with E-state index < -0.39 is 61.8 Å². The van der Waals surface area contributed by atoms with Crippen molar-refractivity contribution in [2.75, 3.05) is 49.3 Å². The number of fused-ring (bicyclic) bond motifs is 12. The Morgan fingerprint density at radius 2 is 0.960 bits per heavy atom. The molecule has 0 spiro atoms. The zero-order chi connectivity index (χ0) is 71.6. The second-order valence-corrected chi connectivity index (χ2v) is 29.5. The first-order valence-corrected chi connectivity index (χ1v) is 35.1. The molecule has 1 aliphatic heterocycles. The zero-order valence-corrected chi connectivity index (χ0v) is 58.2. The number of furan rings is 2. The van der Waals surface area contributed by atoms with Crippen LogP contribution in [0, 0.1) is 37.1 Å². The average Bonchev–Trinajstić information content (AvgIpc) is 1.22. The smallest absolute Gasteiger partial charge is 0.455 e. The van der Waals surface area contributed by atoms with Crippen molar-refractivity contribution in [2.45, 2.75) is 52.7 Å². The van der Waals surface area contributed by atoms with E-state index in [4.69, 9.17) is 39.7 Å². The molecule has 0 atom stereocenters.